The molecule has 0 aliphatic heterocycles. The molecule has 0 aliphatic carbocycles. The van der Waals surface area contributed by atoms with Crippen molar-refractivity contribution in [2.75, 3.05) is 11.9 Å². The minimum absolute atomic E-state index is 0.472. The van der Waals surface area contributed by atoms with Crippen molar-refractivity contribution in [1.82, 2.24) is 15.3 Å². The molecule has 2 N–H and O–H groups in total. The van der Waals surface area contributed by atoms with Crippen molar-refractivity contribution < 1.29 is 0 Å². The van der Waals surface area contributed by atoms with Gasteiger partial charge < -0.3 is 10.6 Å². The first-order chi connectivity index (χ1) is 9.81. The number of anilines is 1. The fourth-order valence-electron chi connectivity index (χ4n) is 2.52. The van der Waals surface area contributed by atoms with Crippen LogP contribution in [0.25, 0.3) is 0 Å². The highest BCUT2D eigenvalue weighted by atomic mass is 15.1. The number of aryl methyl sites for hydroxylation is 1. The molecule has 1 aromatic heterocycles. The van der Waals surface area contributed by atoms with E-state index in [2.05, 4.69) is 62.1 Å². The van der Waals surface area contributed by atoms with Gasteiger partial charge in [0.2, 0.25) is 5.95 Å². The average Bonchev–Trinajstić information content (AvgIpc) is 2.36. The largest absolute Gasteiger partial charge is 0.354 e. The predicted molar refractivity (Wildman–Crippen MR) is 90.4 cm³/mol. The van der Waals surface area contributed by atoms with Crippen molar-refractivity contribution in [2.24, 2.45) is 17.8 Å². The van der Waals surface area contributed by atoms with Gasteiger partial charge in [-0.15, -0.1) is 0 Å². The van der Waals surface area contributed by atoms with E-state index in [1.807, 2.05) is 13.1 Å². The van der Waals surface area contributed by atoms with Crippen molar-refractivity contribution in [3.8, 4) is 0 Å². The van der Waals surface area contributed by atoms with Crippen LogP contribution in [0.5, 0.6) is 0 Å². The second-order valence-corrected chi connectivity index (χ2v) is 6.87. The van der Waals surface area contributed by atoms with Crippen LogP contribution in [0.2, 0.25) is 0 Å². The van der Waals surface area contributed by atoms with Crippen LogP contribution >= 0.6 is 0 Å². The number of nitrogens with one attached hydrogen (secondary N) is 2. The van der Waals surface area contributed by atoms with E-state index in [-0.39, 0.29) is 0 Å². The summed E-state index contributed by atoms with van der Waals surface area (Å²) in [6.07, 6.45) is 1.93. The standard InChI is InChI=1S/C17H32N4/c1-11(2)16(12(3)4)10-20-17-19-9-15(14(7)21-17)8-18-13(5)6/h9,11-13,16,18H,8,10H2,1-7H3,(H,19,20,21). The van der Waals surface area contributed by atoms with Gasteiger partial charge in [0.15, 0.2) is 0 Å². The summed E-state index contributed by atoms with van der Waals surface area (Å²) in [5.74, 6) is 2.70. The zero-order valence-electron chi connectivity index (χ0n) is 14.7. The monoisotopic (exact) mass is 292 g/mol. The van der Waals surface area contributed by atoms with Gasteiger partial charge in [-0.2, -0.15) is 0 Å². The lowest BCUT2D eigenvalue weighted by Gasteiger charge is -2.25. The zero-order chi connectivity index (χ0) is 16.0. The van der Waals surface area contributed by atoms with Crippen LogP contribution in [0.15, 0.2) is 6.20 Å². The van der Waals surface area contributed by atoms with E-state index in [0.717, 1.165) is 24.7 Å². The third-order valence-corrected chi connectivity index (χ3v) is 3.99. The van der Waals surface area contributed by atoms with Gasteiger partial charge in [-0.05, 0) is 24.7 Å². The number of hydrogen-bond donors (Lipinski definition) is 2. The van der Waals surface area contributed by atoms with Crippen LogP contribution in [-0.4, -0.2) is 22.6 Å². The SMILES string of the molecule is Cc1nc(NCC(C(C)C)C(C)C)ncc1CNC(C)C. The Kier molecular flexibility index (Phi) is 7.09. The van der Waals surface area contributed by atoms with E-state index in [9.17, 15) is 0 Å². The van der Waals surface area contributed by atoms with Crippen molar-refractivity contribution in [3.63, 3.8) is 0 Å². The maximum Gasteiger partial charge on any atom is 0.222 e. The summed E-state index contributed by atoms with van der Waals surface area (Å²) < 4.78 is 0. The summed E-state index contributed by atoms with van der Waals surface area (Å²) in [5.41, 5.74) is 2.21. The summed E-state index contributed by atoms with van der Waals surface area (Å²) in [6.45, 7) is 17.2. The molecular formula is C17H32N4. The van der Waals surface area contributed by atoms with Gasteiger partial charge in [0.25, 0.3) is 0 Å². The van der Waals surface area contributed by atoms with E-state index in [1.54, 1.807) is 0 Å². The van der Waals surface area contributed by atoms with Crippen molar-refractivity contribution >= 4 is 5.95 Å². The van der Waals surface area contributed by atoms with Crippen LogP contribution in [0, 0.1) is 24.7 Å². The van der Waals surface area contributed by atoms with E-state index in [0.29, 0.717) is 23.8 Å². The Morgan fingerprint density at radius 3 is 2.14 bits per heavy atom. The molecule has 21 heavy (non-hydrogen) atoms. The van der Waals surface area contributed by atoms with Gasteiger partial charge in [0.1, 0.15) is 0 Å². The molecule has 0 amide bonds. The van der Waals surface area contributed by atoms with Gasteiger partial charge in [-0.1, -0.05) is 41.5 Å². The Morgan fingerprint density at radius 2 is 1.67 bits per heavy atom. The fraction of sp³-hybridized carbons (Fsp3) is 0.765. The smallest absolute Gasteiger partial charge is 0.222 e. The summed E-state index contributed by atoms with van der Waals surface area (Å²) in [6, 6.07) is 0.472. The molecule has 1 rings (SSSR count). The lowest BCUT2D eigenvalue weighted by atomic mass is 9.85. The number of rotatable bonds is 8. The van der Waals surface area contributed by atoms with Crippen LogP contribution in [0.1, 0.15) is 52.8 Å². The van der Waals surface area contributed by atoms with E-state index >= 15 is 0 Å². The van der Waals surface area contributed by atoms with Crippen molar-refractivity contribution in [3.05, 3.63) is 17.5 Å². The third-order valence-electron chi connectivity index (χ3n) is 3.99. The fourth-order valence-corrected chi connectivity index (χ4v) is 2.52. The molecule has 0 saturated carbocycles. The van der Waals surface area contributed by atoms with Gasteiger partial charge >= 0.3 is 0 Å². The summed E-state index contributed by atoms with van der Waals surface area (Å²) in [4.78, 5) is 9.03. The first-order valence-electron chi connectivity index (χ1n) is 8.11. The van der Waals surface area contributed by atoms with Crippen LogP contribution < -0.4 is 10.6 Å². The first kappa shape index (κ1) is 17.9. The molecule has 0 atom stereocenters. The first-order valence-corrected chi connectivity index (χ1v) is 8.11. The topological polar surface area (TPSA) is 49.8 Å². The summed E-state index contributed by atoms with van der Waals surface area (Å²) in [7, 11) is 0. The Labute approximate surface area is 130 Å². The van der Waals surface area contributed by atoms with Gasteiger partial charge in [-0.3, -0.25) is 0 Å². The molecule has 0 aromatic carbocycles. The molecule has 1 aromatic rings. The molecule has 0 radical (unpaired) electrons. The molecule has 0 aliphatic rings. The van der Waals surface area contributed by atoms with Gasteiger partial charge in [0.05, 0.1) is 0 Å². The van der Waals surface area contributed by atoms with Crippen molar-refractivity contribution in [2.45, 2.75) is 61.1 Å². The molecule has 120 valence electrons. The van der Waals surface area contributed by atoms with Crippen molar-refractivity contribution in [1.29, 1.82) is 0 Å². The minimum Gasteiger partial charge on any atom is -0.354 e. The Morgan fingerprint density at radius 1 is 1.05 bits per heavy atom. The van der Waals surface area contributed by atoms with Crippen LogP contribution in [0.4, 0.5) is 5.95 Å². The lowest BCUT2D eigenvalue weighted by molar-refractivity contribution is 0.304. The van der Waals surface area contributed by atoms with Crippen LogP contribution in [0.3, 0.4) is 0 Å². The Hall–Kier alpha value is -1.16. The molecule has 1 heterocycles. The molecule has 0 fully saturated rings. The van der Waals surface area contributed by atoms with Gasteiger partial charge in [0, 0.05) is 36.6 Å². The highest BCUT2D eigenvalue weighted by molar-refractivity contribution is 5.29. The molecule has 0 saturated heterocycles. The molecule has 4 heteroatoms. The van der Waals surface area contributed by atoms with E-state index in [4.69, 9.17) is 0 Å². The maximum atomic E-state index is 4.58. The normalized spacial score (nSPS) is 12.0. The van der Waals surface area contributed by atoms with E-state index < -0.39 is 0 Å². The average molecular weight is 292 g/mol. The second kappa shape index (κ2) is 8.32. The number of hydrogen-bond acceptors (Lipinski definition) is 4. The summed E-state index contributed by atoms with van der Waals surface area (Å²) in [5, 5.41) is 6.80. The molecule has 0 spiro atoms. The zero-order valence-corrected chi connectivity index (χ0v) is 14.7. The molecule has 0 bridgehead atoms. The predicted octanol–water partition coefficient (Wildman–Crippen LogP) is 3.62. The maximum absolute atomic E-state index is 4.58. The summed E-state index contributed by atoms with van der Waals surface area (Å²) >= 11 is 0. The second-order valence-electron chi connectivity index (χ2n) is 6.87. The lowest BCUT2D eigenvalue weighted by Crippen LogP contribution is -2.25. The minimum atomic E-state index is 0.472. The molecule has 4 nitrogen and oxygen atoms in total. The van der Waals surface area contributed by atoms with Crippen LogP contribution in [-0.2, 0) is 6.54 Å². The number of nitrogens with zero attached hydrogens (tertiary/aromatic N) is 2. The number of aromatic nitrogens is 2. The quantitative estimate of drug-likeness (QED) is 0.768. The third kappa shape index (κ3) is 6.00. The Bertz CT molecular complexity index is 419. The van der Waals surface area contributed by atoms with Gasteiger partial charge in [-0.25, -0.2) is 9.97 Å². The molecular weight excluding hydrogens is 260 g/mol. The molecule has 0 unspecified atom stereocenters. The highest BCUT2D eigenvalue weighted by Gasteiger charge is 2.17. The van der Waals surface area contributed by atoms with E-state index in [1.165, 1.54) is 5.56 Å². The highest BCUT2D eigenvalue weighted by Crippen LogP contribution is 2.20. The Balaban J connectivity index is 2.63.